The number of benzene rings is 2. The molecule has 0 saturated heterocycles. The van der Waals surface area contributed by atoms with Crippen LogP contribution in [0.3, 0.4) is 0 Å². The van der Waals surface area contributed by atoms with Crippen LogP contribution in [-0.4, -0.2) is 30.9 Å². The highest BCUT2D eigenvalue weighted by Gasteiger charge is 2.12. The Kier molecular flexibility index (Phi) is 4.78. The lowest BCUT2D eigenvalue weighted by Gasteiger charge is -2.09. The molecule has 3 rings (SSSR count). The summed E-state index contributed by atoms with van der Waals surface area (Å²) in [6.45, 7) is 1.26. The number of urea groups is 1. The van der Waals surface area contributed by atoms with Gasteiger partial charge < -0.3 is 20.5 Å². The molecule has 0 aromatic heterocycles. The fraction of sp³-hybridized carbons (Fsp3) is 0.278. The second-order valence-electron chi connectivity index (χ2n) is 5.46. The van der Waals surface area contributed by atoms with Crippen LogP contribution in [0.15, 0.2) is 42.5 Å². The molecule has 120 valence electrons. The van der Waals surface area contributed by atoms with Crippen LogP contribution >= 0.6 is 0 Å². The number of anilines is 1. The first-order chi connectivity index (χ1) is 11.3. The smallest absolute Gasteiger partial charge is 0.319 e. The van der Waals surface area contributed by atoms with Gasteiger partial charge in [-0.25, -0.2) is 4.79 Å². The van der Waals surface area contributed by atoms with Crippen LogP contribution in [0.5, 0.6) is 5.75 Å². The van der Waals surface area contributed by atoms with Crippen molar-refractivity contribution in [1.82, 2.24) is 5.32 Å². The van der Waals surface area contributed by atoms with Crippen LogP contribution in [-0.2, 0) is 6.42 Å². The Balaban J connectivity index is 1.71. The first kappa shape index (κ1) is 15.4. The fourth-order valence-electron chi connectivity index (χ4n) is 2.60. The number of aliphatic hydroxyl groups is 1. The van der Waals surface area contributed by atoms with Crippen molar-refractivity contribution >= 4 is 11.7 Å². The molecule has 5 heteroatoms. The molecule has 0 aliphatic carbocycles. The van der Waals surface area contributed by atoms with Crippen molar-refractivity contribution in [2.75, 3.05) is 25.1 Å². The van der Waals surface area contributed by atoms with E-state index in [4.69, 9.17) is 9.84 Å². The van der Waals surface area contributed by atoms with Gasteiger partial charge in [0, 0.05) is 25.3 Å². The summed E-state index contributed by atoms with van der Waals surface area (Å²) in [5, 5.41) is 14.2. The van der Waals surface area contributed by atoms with Gasteiger partial charge >= 0.3 is 6.03 Å². The number of hydrogen-bond donors (Lipinski definition) is 3. The van der Waals surface area contributed by atoms with E-state index in [-0.39, 0.29) is 12.6 Å². The Morgan fingerprint density at radius 1 is 1.17 bits per heavy atom. The Morgan fingerprint density at radius 2 is 2.04 bits per heavy atom. The summed E-state index contributed by atoms with van der Waals surface area (Å²) in [4.78, 5) is 11.8. The summed E-state index contributed by atoms with van der Waals surface area (Å²) >= 11 is 0. The lowest BCUT2D eigenvalue weighted by molar-refractivity contribution is 0.249. The van der Waals surface area contributed by atoms with E-state index in [0.717, 1.165) is 35.6 Å². The summed E-state index contributed by atoms with van der Waals surface area (Å²) in [6, 6.07) is 13.6. The molecule has 0 saturated carbocycles. The van der Waals surface area contributed by atoms with E-state index in [9.17, 15) is 4.79 Å². The Morgan fingerprint density at radius 3 is 2.91 bits per heavy atom. The molecule has 3 N–H and O–H groups in total. The molecule has 23 heavy (non-hydrogen) atoms. The number of carbonyl (C=O) groups is 1. The summed E-state index contributed by atoms with van der Waals surface area (Å²) < 4.78 is 5.53. The van der Waals surface area contributed by atoms with Gasteiger partial charge in [-0.2, -0.15) is 0 Å². The van der Waals surface area contributed by atoms with E-state index in [1.165, 1.54) is 5.56 Å². The number of ether oxygens (including phenoxy) is 1. The average Bonchev–Trinajstić information content (AvgIpc) is 3.03. The van der Waals surface area contributed by atoms with E-state index >= 15 is 0 Å². The van der Waals surface area contributed by atoms with Crippen molar-refractivity contribution in [1.29, 1.82) is 0 Å². The fourth-order valence-corrected chi connectivity index (χ4v) is 2.60. The molecule has 0 atom stereocenters. The van der Waals surface area contributed by atoms with Crippen LogP contribution in [0.1, 0.15) is 12.0 Å². The highest BCUT2D eigenvalue weighted by atomic mass is 16.5. The van der Waals surface area contributed by atoms with E-state index < -0.39 is 0 Å². The normalized spacial score (nSPS) is 12.4. The summed E-state index contributed by atoms with van der Waals surface area (Å²) in [5.74, 6) is 0.964. The first-order valence-corrected chi connectivity index (χ1v) is 7.78. The van der Waals surface area contributed by atoms with Gasteiger partial charge in [0.1, 0.15) is 5.75 Å². The molecule has 1 heterocycles. The number of rotatable bonds is 5. The van der Waals surface area contributed by atoms with Gasteiger partial charge in [-0.15, -0.1) is 0 Å². The molecule has 2 aromatic carbocycles. The quantitative estimate of drug-likeness (QED) is 0.744. The summed E-state index contributed by atoms with van der Waals surface area (Å²) in [6.07, 6.45) is 1.49. The van der Waals surface area contributed by atoms with Crippen LogP contribution in [0.25, 0.3) is 11.1 Å². The summed E-state index contributed by atoms with van der Waals surface area (Å²) in [7, 11) is 0. The number of hydrogen-bond acceptors (Lipinski definition) is 3. The predicted molar refractivity (Wildman–Crippen MR) is 89.8 cm³/mol. The second kappa shape index (κ2) is 7.15. The SMILES string of the molecule is O=C(NCCCO)Nc1cccc(-c2ccc3c(c2)CCO3)c1. The number of nitrogens with one attached hydrogen (secondary N) is 2. The molecule has 2 amide bonds. The second-order valence-corrected chi connectivity index (χ2v) is 5.46. The third kappa shape index (κ3) is 3.81. The molecule has 5 nitrogen and oxygen atoms in total. The summed E-state index contributed by atoms with van der Waals surface area (Å²) in [5.41, 5.74) is 4.12. The molecule has 0 radical (unpaired) electrons. The van der Waals surface area contributed by atoms with Crippen molar-refractivity contribution in [3.63, 3.8) is 0 Å². The van der Waals surface area contributed by atoms with Gasteiger partial charge in [0.2, 0.25) is 0 Å². The van der Waals surface area contributed by atoms with Gasteiger partial charge in [0.15, 0.2) is 0 Å². The van der Waals surface area contributed by atoms with Crippen molar-refractivity contribution in [2.45, 2.75) is 12.8 Å². The van der Waals surface area contributed by atoms with Crippen molar-refractivity contribution in [3.05, 3.63) is 48.0 Å². The third-order valence-electron chi connectivity index (χ3n) is 3.76. The van der Waals surface area contributed by atoms with E-state index in [2.05, 4.69) is 16.7 Å². The Hall–Kier alpha value is -2.53. The van der Waals surface area contributed by atoms with Crippen LogP contribution in [0.2, 0.25) is 0 Å². The first-order valence-electron chi connectivity index (χ1n) is 7.78. The van der Waals surface area contributed by atoms with Crippen LogP contribution < -0.4 is 15.4 Å². The lowest BCUT2D eigenvalue weighted by Crippen LogP contribution is -2.29. The van der Waals surface area contributed by atoms with Gasteiger partial charge in [-0.1, -0.05) is 18.2 Å². The number of aliphatic hydroxyl groups excluding tert-OH is 1. The van der Waals surface area contributed by atoms with Gasteiger partial charge in [0.05, 0.1) is 6.61 Å². The largest absolute Gasteiger partial charge is 0.493 e. The van der Waals surface area contributed by atoms with Gasteiger partial charge in [-0.3, -0.25) is 0 Å². The number of amides is 2. The predicted octanol–water partition coefficient (Wildman–Crippen LogP) is 2.79. The maximum Gasteiger partial charge on any atom is 0.319 e. The zero-order valence-corrected chi connectivity index (χ0v) is 12.8. The van der Waals surface area contributed by atoms with E-state index in [1.807, 2.05) is 36.4 Å². The van der Waals surface area contributed by atoms with Crippen molar-refractivity contribution in [3.8, 4) is 16.9 Å². The van der Waals surface area contributed by atoms with Crippen molar-refractivity contribution < 1.29 is 14.6 Å². The highest BCUT2D eigenvalue weighted by Crippen LogP contribution is 2.31. The highest BCUT2D eigenvalue weighted by molar-refractivity contribution is 5.90. The topological polar surface area (TPSA) is 70.6 Å². The molecule has 1 aliphatic heterocycles. The molecule has 0 bridgehead atoms. The van der Waals surface area contributed by atoms with Crippen LogP contribution in [0, 0.1) is 0 Å². The number of fused-ring (bicyclic) bond motifs is 1. The zero-order chi connectivity index (χ0) is 16.1. The minimum atomic E-state index is -0.266. The molecular formula is C18H20N2O3. The Bertz CT molecular complexity index is 700. The molecule has 1 aliphatic rings. The molecule has 2 aromatic rings. The number of carbonyl (C=O) groups excluding carboxylic acids is 1. The van der Waals surface area contributed by atoms with E-state index in [0.29, 0.717) is 13.0 Å². The van der Waals surface area contributed by atoms with E-state index in [1.54, 1.807) is 0 Å². The average molecular weight is 312 g/mol. The Labute approximate surface area is 135 Å². The molecule has 0 spiro atoms. The maximum absolute atomic E-state index is 11.8. The molecular weight excluding hydrogens is 292 g/mol. The lowest BCUT2D eigenvalue weighted by atomic mass is 10.0. The third-order valence-corrected chi connectivity index (χ3v) is 3.76. The van der Waals surface area contributed by atoms with Gasteiger partial charge in [0.25, 0.3) is 0 Å². The minimum Gasteiger partial charge on any atom is -0.493 e. The maximum atomic E-state index is 11.8. The van der Waals surface area contributed by atoms with Crippen molar-refractivity contribution in [2.24, 2.45) is 0 Å². The van der Waals surface area contributed by atoms with Gasteiger partial charge in [-0.05, 0) is 47.4 Å². The van der Waals surface area contributed by atoms with Crippen LogP contribution in [0.4, 0.5) is 10.5 Å². The molecule has 0 unspecified atom stereocenters. The monoisotopic (exact) mass is 312 g/mol. The zero-order valence-electron chi connectivity index (χ0n) is 12.8. The standard InChI is InChI=1S/C18H20N2O3/c21-9-2-8-19-18(22)20-16-4-1-3-13(12-16)14-5-6-17-15(11-14)7-10-23-17/h1,3-6,11-12,21H,2,7-10H2,(H2,19,20,22). The molecule has 0 fully saturated rings. The minimum absolute atomic E-state index is 0.0673.